The molecule has 1 saturated carbocycles. The van der Waals surface area contributed by atoms with Gasteiger partial charge in [0.15, 0.2) is 5.82 Å². The van der Waals surface area contributed by atoms with Gasteiger partial charge in [-0.3, -0.25) is 4.79 Å². The molecule has 1 aliphatic rings. The van der Waals surface area contributed by atoms with Crippen LogP contribution in [-0.4, -0.2) is 34.2 Å². The van der Waals surface area contributed by atoms with E-state index in [9.17, 15) is 4.79 Å². The lowest BCUT2D eigenvalue weighted by Crippen LogP contribution is -2.37. The molecule has 2 heterocycles. The van der Waals surface area contributed by atoms with Gasteiger partial charge in [-0.15, -0.1) is 0 Å². The first-order chi connectivity index (χ1) is 11.6. The predicted octanol–water partition coefficient (Wildman–Crippen LogP) is 2.98. The van der Waals surface area contributed by atoms with Crippen LogP contribution in [0.2, 0.25) is 0 Å². The van der Waals surface area contributed by atoms with Crippen LogP contribution in [0.15, 0.2) is 22.9 Å². The minimum atomic E-state index is -0.477. The Morgan fingerprint density at radius 1 is 1.42 bits per heavy atom. The Balaban J connectivity index is 1.80. The predicted molar refractivity (Wildman–Crippen MR) is 88.3 cm³/mol. The lowest BCUT2D eigenvalue weighted by atomic mass is 9.86. The van der Waals surface area contributed by atoms with E-state index in [2.05, 4.69) is 20.4 Å². The highest BCUT2D eigenvalue weighted by molar-refractivity contribution is 5.78. The lowest BCUT2D eigenvalue weighted by Gasteiger charge is -2.27. The fourth-order valence-corrected chi connectivity index (χ4v) is 3.17. The number of carbonyl (C=O) groups is 1. The molecule has 0 aromatic carbocycles. The summed E-state index contributed by atoms with van der Waals surface area (Å²) in [5.41, 5.74) is 0.255. The van der Waals surface area contributed by atoms with Crippen LogP contribution in [-0.2, 0) is 9.53 Å². The Bertz CT molecular complexity index is 707. The number of rotatable bonds is 6. The van der Waals surface area contributed by atoms with E-state index in [1.54, 1.807) is 13.1 Å². The molecule has 1 fully saturated rings. The van der Waals surface area contributed by atoms with Gasteiger partial charge in [-0.1, -0.05) is 18.0 Å². The first-order valence-electron chi connectivity index (χ1n) is 8.31. The van der Waals surface area contributed by atoms with Gasteiger partial charge in [-0.25, -0.2) is 4.98 Å². The molecule has 7 heteroatoms. The van der Waals surface area contributed by atoms with E-state index < -0.39 is 5.41 Å². The number of ether oxygens (including phenoxy) is 1. The van der Waals surface area contributed by atoms with Crippen LogP contribution in [0.3, 0.4) is 0 Å². The highest BCUT2D eigenvalue weighted by Gasteiger charge is 2.42. The van der Waals surface area contributed by atoms with Crippen LogP contribution in [0, 0.1) is 12.3 Å². The smallest absolute Gasteiger partial charge is 0.313 e. The number of pyridine rings is 1. The third kappa shape index (κ3) is 3.25. The van der Waals surface area contributed by atoms with Crippen LogP contribution < -0.4 is 5.32 Å². The number of esters is 1. The fourth-order valence-electron chi connectivity index (χ4n) is 3.17. The Hall–Kier alpha value is -2.44. The van der Waals surface area contributed by atoms with Crippen molar-refractivity contribution in [3.8, 4) is 11.5 Å². The van der Waals surface area contributed by atoms with Gasteiger partial charge in [0.2, 0.25) is 0 Å². The van der Waals surface area contributed by atoms with Gasteiger partial charge in [0.25, 0.3) is 5.89 Å². The number of aromatic nitrogens is 3. The molecule has 3 rings (SSSR count). The average molecular weight is 330 g/mol. The third-order valence-electron chi connectivity index (χ3n) is 4.43. The second kappa shape index (κ2) is 6.98. The van der Waals surface area contributed by atoms with Crippen molar-refractivity contribution in [3.63, 3.8) is 0 Å². The molecular weight excluding hydrogens is 308 g/mol. The van der Waals surface area contributed by atoms with Crippen molar-refractivity contribution < 1.29 is 14.1 Å². The third-order valence-corrected chi connectivity index (χ3v) is 4.43. The number of hydrogen-bond donors (Lipinski definition) is 1. The summed E-state index contributed by atoms with van der Waals surface area (Å²) in [7, 11) is 0. The Labute approximate surface area is 140 Å². The number of anilines is 1. The van der Waals surface area contributed by atoms with E-state index in [1.807, 2.05) is 19.1 Å². The van der Waals surface area contributed by atoms with Gasteiger partial charge in [-0.05, 0) is 38.8 Å². The second-order valence-electron chi connectivity index (χ2n) is 6.11. The van der Waals surface area contributed by atoms with Crippen LogP contribution in [0.25, 0.3) is 11.5 Å². The zero-order valence-corrected chi connectivity index (χ0v) is 14.0. The molecule has 0 amide bonds. The van der Waals surface area contributed by atoms with Crippen molar-refractivity contribution >= 4 is 11.8 Å². The molecule has 0 radical (unpaired) electrons. The van der Waals surface area contributed by atoms with Crippen LogP contribution in [0.4, 0.5) is 5.82 Å². The summed E-state index contributed by atoms with van der Waals surface area (Å²) in [6.45, 7) is 4.49. The van der Waals surface area contributed by atoms with Crippen molar-refractivity contribution in [2.45, 2.75) is 39.5 Å². The Morgan fingerprint density at radius 3 is 2.88 bits per heavy atom. The average Bonchev–Trinajstić information content (AvgIpc) is 3.23. The normalized spacial score (nSPS) is 16.1. The molecule has 0 unspecified atom stereocenters. The van der Waals surface area contributed by atoms with E-state index in [0.717, 1.165) is 31.2 Å². The maximum absolute atomic E-state index is 12.4. The largest absolute Gasteiger partial charge is 0.466 e. The van der Waals surface area contributed by atoms with E-state index in [4.69, 9.17) is 9.26 Å². The first-order valence-corrected chi connectivity index (χ1v) is 8.31. The highest BCUT2D eigenvalue weighted by Crippen LogP contribution is 2.40. The van der Waals surface area contributed by atoms with E-state index in [0.29, 0.717) is 30.7 Å². The maximum atomic E-state index is 12.4. The summed E-state index contributed by atoms with van der Waals surface area (Å²) in [5.74, 6) is 1.50. The summed E-state index contributed by atoms with van der Waals surface area (Å²) >= 11 is 0. The summed E-state index contributed by atoms with van der Waals surface area (Å²) in [4.78, 5) is 21.0. The van der Waals surface area contributed by atoms with Gasteiger partial charge in [-0.2, -0.15) is 4.98 Å². The molecule has 2 aromatic rings. The standard InChI is InChI=1S/C17H22N4O3/c1-3-23-16(22)17(8-4-5-9-17)11-19-14-13(7-6-10-18-14)15-20-12(2)21-24-15/h6-7,10H,3-5,8-9,11H2,1-2H3,(H,18,19). The Morgan fingerprint density at radius 2 is 2.21 bits per heavy atom. The molecular formula is C17H22N4O3. The van der Waals surface area contributed by atoms with Crippen LogP contribution >= 0.6 is 0 Å². The maximum Gasteiger partial charge on any atom is 0.313 e. The fraction of sp³-hybridized carbons (Fsp3) is 0.529. The molecule has 0 spiro atoms. The molecule has 0 atom stereocenters. The topological polar surface area (TPSA) is 90.1 Å². The summed E-state index contributed by atoms with van der Waals surface area (Å²) < 4.78 is 10.5. The van der Waals surface area contributed by atoms with Gasteiger partial charge >= 0.3 is 5.97 Å². The van der Waals surface area contributed by atoms with Gasteiger partial charge in [0, 0.05) is 12.7 Å². The first kappa shape index (κ1) is 16.4. The molecule has 0 aliphatic heterocycles. The highest BCUT2D eigenvalue weighted by atomic mass is 16.5. The van der Waals surface area contributed by atoms with E-state index >= 15 is 0 Å². The number of carbonyl (C=O) groups excluding carboxylic acids is 1. The molecule has 128 valence electrons. The molecule has 7 nitrogen and oxygen atoms in total. The molecule has 1 N–H and O–H groups in total. The quantitative estimate of drug-likeness (QED) is 0.814. The minimum absolute atomic E-state index is 0.124. The van der Waals surface area contributed by atoms with E-state index in [-0.39, 0.29) is 5.97 Å². The zero-order chi connectivity index (χ0) is 17.0. The monoisotopic (exact) mass is 330 g/mol. The van der Waals surface area contributed by atoms with Crippen molar-refractivity contribution in [2.24, 2.45) is 5.41 Å². The van der Waals surface area contributed by atoms with Crippen molar-refractivity contribution in [1.29, 1.82) is 0 Å². The molecule has 24 heavy (non-hydrogen) atoms. The molecule has 1 aliphatic carbocycles. The molecule has 0 bridgehead atoms. The second-order valence-corrected chi connectivity index (χ2v) is 6.11. The number of hydrogen-bond acceptors (Lipinski definition) is 7. The van der Waals surface area contributed by atoms with Gasteiger partial charge in [0.1, 0.15) is 5.82 Å². The summed E-state index contributed by atoms with van der Waals surface area (Å²) in [5, 5.41) is 7.13. The van der Waals surface area contributed by atoms with Crippen molar-refractivity contribution in [1.82, 2.24) is 15.1 Å². The van der Waals surface area contributed by atoms with Crippen LogP contribution in [0.1, 0.15) is 38.4 Å². The van der Waals surface area contributed by atoms with Gasteiger partial charge in [0.05, 0.1) is 17.6 Å². The molecule has 0 saturated heterocycles. The SMILES string of the molecule is CCOC(=O)C1(CNc2ncccc2-c2nc(C)no2)CCCC1. The van der Waals surface area contributed by atoms with Gasteiger partial charge < -0.3 is 14.6 Å². The van der Waals surface area contributed by atoms with Crippen LogP contribution in [0.5, 0.6) is 0 Å². The van der Waals surface area contributed by atoms with Crippen molar-refractivity contribution in [2.75, 3.05) is 18.5 Å². The number of aryl methyl sites for hydroxylation is 1. The lowest BCUT2D eigenvalue weighted by molar-refractivity contribution is -0.154. The minimum Gasteiger partial charge on any atom is -0.466 e. The summed E-state index contributed by atoms with van der Waals surface area (Å²) in [6, 6.07) is 3.69. The Kier molecular flexibility index (Phi) is 4.78. The molecule has 2 aromatic heterocycles. The van der Waals surface area contributed by atoms with Crippen molar-refractivity contribution in [3.05, 3.63) is 24.2 Å². The summed E-state index contributed by atoms with van der Waals surface area (Å²) in [6.07, 6.45) is 5.44. The number of nitrogens with zero attached hydrogens (tertiary/aromatic N) is 3. The number of nitrogens with one attached hydrogen (secondary N) is 1. The van der Waals surface area contributed by atoms with E-state index in [1.165, 1.54) is 0 Å². The zero-order valence-electron chi connectivity index (χ0n) is 14.0.